The number of nitrogens with zero attached hydrogens (tertiary/aromatic N) is 1. The lowest BCUT2D eigenvalue weighted by atomic mass is 10.1. The summed E-state index contributed by atoms with van der Waals surface area (Å²) in [6.45, 7) is 0.457. The van der Waals surface area contributed by atoms with Gasteiger partial charge in [-0.05, 0) is 35.9 Å². The summed E-state index contributed by atoms with van der Waals surface area (Å²) in [5.74, 6) is 0.543. The first-order valence-electron chi connectivity index (χ1n) is 7.03. The third-order valence-electron chi connectivity index (χ3n) is 3.51. The molecule has 0 aliphatic carbocycles. The normalized spacial score (nSPS) is 10.4. The van der Waals surface area contributed by atoms with E-state index in [4.69, 9.17) is 4.74 Å². The lowest BCUT2D eigenvalue weighted by Crippen LogP contribution is -2.22. The van der Waals surface area contributed by atoms with Crippen molar-refractivity contribution in [2.24, 2.45) is 0 Å². The number of rotatable bonds is 4. The van der Waals surface area contributed by atoms with Crippen LogP contribution in [0.5, 0.6) is 5.75 Å². The molecule has 0 aliphatic rings. The van der Waals surface area contributed by atoms with Crippen LogP contribution in [-0.2, 0) is 6.54 Å². The Kier molecular flexibility index (Phi) is 4.01. The Bertz CT molecular complexity index is 810. The number of methoxy groups -OCH3 is 1. The number of para-hydroxylation sites is 1. The van der Waals surface area contributed by atoms with Gasteiger partial charge < -0.3 is 10.1 Å². The molecule has 110 valence electrons. The van der Waals surface area contributed by atoms with Crippen LogP contribution in [0.2, 0.25) is 0 Å². The van der Waals surface area contributed by atoms with Crippen molar-refractivity contribution in [3.05, 3.63) is 71.9 Å². The number of carbonyl (C=O) groups excluding carboxylic acids is 1. The first-order valence-corrected chi connectivity index (χ1v) is 7.03. The van der Waals surface area contributed by atoms with E-state index in [1.807, 2.05) is 36.4 Å². The third-order valence-corrected chi connectivity index (χ3v) is 3.51. The van der Waals surface area contributed by atoms with Gasteiger partial charge in [-0.2, -0.15) is 0 Å². The molecule has 0 unspecified atom stereocenters. The Hall–Kier alpha value is -2.88. The summed E-state index contributed by atoms with van der Waals surface area (Å²) in [4.78, 5) is 16.6. The van der Waals surface area contributed by atoms with Crippen LogP contribution in [0.3, 0.4) is 0 Å². The minimum Gasteiger partial charge on any atom is -0.497 e. The van der Waals surface area contributed by atoms with Gasteiger partial charge in [-0.25, -0.2) is 0 Å². The molecule has 0 fully saturated rings. The summed E-state index contributed by atoms with van der Waals surface area (Å²) in [5, 5.41) is 3.99. The van der Waals surface area contributed by atoms with Crippen molar-refractivity contribution in [1.29, 1.82) is 0 Å². The minimum absolute atomic E-state index is 0.125. The number of amides is 1. The number of hydrogen-bond acceptors (Lipinski definition) is 3. The molecule has 1 N–H and O–H groups in total. The molecule has 4 heteroatoms. The van der Waals surface area contributed by atoms with E-state index in [-0.39, 0.29) is 5.91 Å². The molecule has 0 saturated heterocycles. The van der Waals surface area contributed by atoms with Crippen LogP contribution in [-0.4, -0.2) is 18.0 Å². The van der Waals surface area contributed by atoms with Crippen molar-refractivity contribution in [2.45, 2.75) is 6.54 Å². The van der Waals surface area contributed by atoms with E-state index in [2.05, 4.69) is 10.3 Å². The maximum Gasteiger partial charge on any atom is 0.251 e. The average molecular weight is 292 g/mol. The fourth-order valence-corrected chi connectivity index (χ4v) is 2.35. The van der Waals surface area contributed by atoms with Crippen LogP contribution in [0.15, 0.2) is 60.8 Å². The molecule has 0 aliphatic heterocycles. The van der Waals surface area contributed by atoms with E-state index in [1.165, 1.54) is 0 Å². The second-order valence-corrected chi connectivity index (χ2v) is 4.90. The predicted octanol–water partition coefficient (Wildman–Crippen LogP) is 3.17. The molecular weight excluding hydrogens is 276 g/mol. The van der Waals surface area contributed by atoms with Crippen LogP contribution in [0.25, 0.3) is 10.9 Å². The number of pyridine rings is 1. The second-order valence-electron chi connectivity index (χ2n) is 4.90. The fraction of sp³-hybridized carbons (Fsp3) is 0.111. The van der Waals surface area contributed by atoms with Crippen molar-refractivity contribution in [1.82, 2.24) is 10.3 Å². The van der Waals surface area contributed by atoms with E-state index in [9.17, 15) is 4.79 Å². The number of benzene rings is 2. The van der Waals surface area contributed by atoms with Crippen LogP contribution in [0, 0.1) is 0 Å². The Labute approximate surface area is 128 Å². The molecule has 3 rings (SSSR count). The number of hydrogen-bond donors (Lipinski definition) is 1. The van der Waals surface area contributed by atoms with Gasteiger partial charge in [0.25, 0.3) is 5.91 Å². The highest BCUT2D eigenvalue weighted by Gasteiger charge is 2.07. The quantitative estimate of drug-likeness (QED) is 0.803. The molecule has 1 amide bonds. The van der Waals surface area contributed by atoms with Gasteiger partial charge in [0.15, 0.2) is 0 Å². The van der Waals surface area contributed by atoms with Gasteiger partial charge in [0, 0.05) is 23.7 Å². The molecule has 22 heavy (non-hydrogen) atoms. The van der Waals surface area contributed by atoms with Crippen molar-refractivity contribution in [2.75, 3.05) is 7.11 Å². The second kappa shape index (κ2) is 6.26. The standard InChI is InChI=1S/C18H16N2O2/c1-22-15-6-4-5-13(11-15)18(21)20-12-14-9-10-19-17-8-3-2-7-16(14)17/h2-11H,12H2,1H3,(H,20,21). The monoisotopic (exact) mass is 292 g/mol. The minimum atomic E-state index is -0.125. The van der Waals surface area contributed by atoms with Crippen LogP contribution in [0.4, 0.5) is 0 Å². The zero-order valence-corrected chi connectivity index (χ0v) is 12.2. The van der Waals surface area contributed by atoms with Gasteiger partial charge >= 0.3 is 0 Å². The summed E-state index contributed by atoms with van der Waals surface area (Å²) in [6.07, 6.45) is 1.76. The van der Waals surface area contributed by atoms with E-state index >= 15 is 0 Å². The van der Waals surface area contributed by atoms with Gasteiger partial charge in [-0.1, -0.05) is 24.3 Å². The smallest absolute Gasteiger partial charge is 0.251 e. The van der Waals surface area contributed by atoms with Gasteiger partial charge in [0.2, 0.25) is 0 Å². The van der Waals surface area contributed by atoms with E-state index in [0.717, 1.165) is 16.5 Å². The fourth-order valence-electron chi connectivity index (χ4n) is 2.35. The highest BCUT2D eigenvalue weighted by Crippen LogP contribution is 2.16. The first-order chi connectivity index (χ1) is 10.8. The summed E-state index contributed by atoms with van der Waals surface area (Å²) < 4.78 is 5.14. The zero-order valence-electron chi connectivity index (χ0n) is 12.2. The summed E-state index contributed by atoms with van der Waals surface area (Å²) in [7, 11) is 1.58. The molecule has 2 aromatic carbocycles. The van der Waals surface area contributed by atoms with Crippen molar-refractivity contribution < 1.29 is 9.53 Å². The number of carbonyl (C=O) groups is 1. The molecule has 3 aromatic rings. The maximum absolute atomic E-state index is 12.2. The van der Waals surface area contributed by atoms with Crippen LogP contribution < -0.4 is 10.1 Å². The Morgan fingerprint density at radius 2 is 2.00 bits per heavy atom. The number of nitrogens with one attached hydrogen (secondary N) is 1. The van der Waals surface area contributed by atoms with E-state index < -0.39 is 0 Å². The third kappa shape index (κ3) is 2.91. The molecule has 0 atom stereocenters. The largest absolute Gasteiger partial charge is 0.497 e. The van der Waals surface area contributed by atoms with Gasteiger partial charge in [-0.3, -0.25) is 9.78 Å². The highest BCUT2D eigenvalue weighted by molar-refractivity contribution is 5.94. The Balaban J connectivity index is 1.77. The Morgan fingerprint density at radius 3 is 2.86 bits per heavy atom. The van der Waals surface area contributed by atoms with Gasteiger partial charge in [0.05, 0.1) is 12.6 Å². The Morgan fingerprint density at radius 1 is 1.14 bits per heavy atom. The summed E-state index contributed by atoms with van der Waals surface area (Å²) in [6, 6.07) is 16.9. The van der Waals surface area contributed by atoms with E-state index in [0.29, 0.717) is 17.9 Å². The van der Waals surface area contributed by atoms with Crippen LogP contribution in [0.1, 0.15) is 15.9 Å². The zero-order chi connectivity index (χ0) is 15.4. The average Bonchev–Trinajstić information content (AvgIpc) is 2.59. The maximum atomic E-state index is 12.2. The lowest BCUT2D eigenvalue weighted by molar-refractivity contribution is 0.0950. The molecule has 0 spiro atoms. The van der Waals surface area contributed by atoms with Gasteiger partial charge in [-0.15, -0.1) is 0 Å². The molecule has 0 bridgehead atoms. The SMILES string of the molecule is COc1cccc(C(=O)NCc2ccnc3ccccc23)c1. The highest BCUT2D eigenvalue weighted by atomic mass is 16.5. The lowest BCUT2D eigenvalue weighted by Gasteiger charge is -2.09. The van der Waals surface area contributed by atoms with Crippen molar-refractivity contribution >= 4 is 16.8 Å². The van der Waals surface area contributed by atoms with E-state index in [1.54, 1.807) is 31.5 Å². The molecular formula is C18H16N2O2. The summed E-state index contributed by atoms with van der Waals surface area (Å²) >= 11 is 0. The molecule has 1 heterocycles. The molecule has 4 nitrogen and oxygen atoms in total. The van der Waals surface area contributed by atoms with Gasteiger partial charge in [0.1, 0.15) is 5.75 Å². The number of fused-ring (bicyclic) bond motifs is 1. The molecule has 0 saturated carbocycles. The number of aromatic nitrogens is 1. The van der Waals surface area contributed by atoms with Crippen molar-refractivity contribution in [3.8, 4) is 5.75 Å². The van der Waals surface area contributed by atoms with Crippen molar-refractivity contribution in [3.63, 3.8) is 0 Å². The first kappa shape index (κ1) is 14.1. The molecule has 0 radical (unpaired) electrons. The predicted molar refractivity (Wildman–Crippen MR) is 85.9 cm³/mol. The number of ether oxygens (including phenoxy) is 1. The summed E-state index contributed by atoms with van der Waals surface area (Å²) in [5.41, 5.74) is 2.55. The van der Waals surface area contributed by atoms with Crippen LogP contribution >= 0.6 is 0 Å². The molecule has 1 aromatic heterocycles. The topological polar surface area (TPSA) is 51.2 Å².